The first-order chi connectivity index (χ1) is 4.20. The monoisotopic (exact) mass is 134 g/mol. The van der Waals surface area contributed by atoms with Crippen LogP contribution in [0.2, 0.25) is 0 Å². The lowest BCUT2D eigenvalue weighted by Crippen LogP contribution is -2.24. The Hall–Kier alpha value is -0.625. The molecule has 0 saturated carbocycles. The Bertz CT molecular complexity index is 118. The zero-order valence-corrected chi connectivity index (χ0v) is 4.18. The molecule has 0 bridgehead atoms. The molecule has 0 aromatic heterocycles. The molecular weight excluding hydrogens is 131 g/mol. The first kappa shape index (κ1) is 6.49. The second-order valence-corrected chi connectivity index (χ2v) is 1.29. The van der Waals surface area contributed by atoms with Crippen molar-refractivity contribution in [3.05, 3.63) is 0 Å². The third kappa shape index (κ3) is 1.98. The minimum Gasteiger partial charge on any atom is -0.481 e. The normalized spacial score (nSPS) is 17.1. The fraction of sp³-hybridized carbons (Fsp3) is 0.500. The van der Waals surface area contributed by atoms with Crippen LogP contribution in [0.25, 0.3) is 0 Å². The van der Waals surface area contributed by atoms with Crippen LogP contribution in [-0.4, -0.2) is 29.6 Å². The predicted octanol–water partition coefficient (Wildman–Crippen LogP) is -2.21. The Balaban J connectivity index is 2.18. The molecule has 6 nitrogen and oxygen atoms in total. The van der Waals surface area contributed by atoms with Crippen molar-refractivity contribution in [2.75, 3.05) is 0 Å². The van der Waals surface area contributed by atoms with Crippen LogP contribution >= 0.6 is 0 Å². The summed E-state index contributed by atoms with van der Waals surface area (Å²) in [4.78, 5) is 18.2. The summed E-state index contributed by atoms with van der Waals surface area (Å²) in [6.07, 6.45) is -1.08. The van der Waals surface area contributed by atoms with Crippen molar-refractivity contribution in [3.63, 3.8) is 0 Å². The molecule has 0 aromatic rings. The van der Waals surface area contributed by atoms with Crippen molar-refractivity contribution >= 4 is 13.3 Å². The Kier molecular flexibility index (Phi) is 1.67. The predicted molar refractivity (Wildman–Crippen MR) is 22.2 cm³/mol. The Morgan fingerprint density at radius 2 is 2.11 bits per heavy atom. The van der Waals surface area contributed by atoms with Gasteiger partial charge in [-0.1, -0.05) is 0 Å². The van der Waals surface area contributed by atoms with Crippen molar-refractivity contribution in [1.29, 1.82) is 0 Å². The lowest BCUT2D eigenvalue weighted by molar-refractivity contribution is -0.138. The molecule has 0 aromatic carbocycles. The number of rotatable bonds is 2. The summed E-state index contributed by atoms with van der Waals surface area (Å²) in [6.45, 7) is 0. The highest BCUT2D eigenvalue weighted by Gasteiger charge is 2.38. The molecule has 1 heterocycles. The number of hydrogen-bond donors (Lipinski definition) is 2. The van der Waals surface area contributed by atoms with Gasteiger partial charge < -0.3 is 14.7 Å². The highest BCUT2D eigenvalue weighted by molar-refractivity contribution is 6.35. The van der Waals surface area contributed by atoms with Gasteiger partial charge in [0.15, 0.2) is 0 Å². The summed E-state index contributed by atoms with van der Waals surface area (Å²) in [5.41, 5.74) is 0. The number of carbonyl (C=O) groups excluding carboxylic acids is 1. The van der Waals surface area contributed by atoms with Crippen molar-refractivity contribution in [1.82, 2.24) is 0 Å². The molecule has 2 N–H and O–H groups in total. The molecule has 50 valence electrons. The molecule has 7 heteroatoms. The topological polar surface area (TPSA) is 91.8 Å². The van der Waals surface area contributed by atoms with Gasteiger partial charge in [-0.25, -0.2) is 4.79 Å². The highest BCUT2D eigenvalue weighted by atomic mass is 17.4. The highest BCUT2D eigenvalue weighted by Crippen LogP contribution is 2.12. The van der Waals surface area contributed by atoms with Gasteiger partial charge in [0, 0.05) is 0 Å². The van der Waals surface area contributed by atoms with E-state index >= 15 is 0 Å². The van der Waals surface area contributed by atoms with Crippen LogP contribution in [0.1, 0.15) is 0 Å². The van der Waals surface area contributed by atoms with Crippen molar-refractivity contribution < 1.29 is 29.3 Å². The summed E-state index contributed by atoms with van der Waals surface area (Å²) < 4.78 is 3.80. The first-order valence-electron chi connectivity index (χ1n) is 2.09. The zero-order chi connectivity index (χ0) is 6.85. The van der Waals surface area contributed by atoms with E-state index in [4.69, 9.17) is 10.0 Å². The van der Waals surface area contributed by atoms with Gasteiger partial charge in [-0.3, -0.25) is 0 Å². The van der Waals surface area contributed by atoms with Crippen LogP contribution in [0, 0.1) is 0 Å². The van der Waals surface area contributed by atoms with E-state index in [2.05, 4.69) is 14.4 Å². The van der Waals surface area contributed by atoms with E-state index < -0.39 is 19.6 Å². The summed E-state index contributed by atoms with van der Waals surface area (Å²) in [5.74, 6) is -0.954. The molecule has 0 amide bonds. The number of hydrogen-bond acceptors (Lipinski definition) is 6. The minimum atomic E-state index is -2.11. The van der Waals surface area contributed by atoms with Gasteiger partial charge in [-0.2, -0.15) is 9.78 Å². The third-order valence-corrected chi connectivity index (χ3v) is 0.606. The largest absolute Gasteiger partial charge is 0.709 e. The molecular formula is C2H3BO6. The fourth-order valence-corrected chi connectivity index (χ4v) is 0.266. The molecule has 0 spiro atoms. The van der Waals surface area contributed by atoms with Crippen LogP contribution in [0.15, 0.2) is 0 Å². The van der Waals surface area contributed by atoms with Crippen molar-refractivity contribution in [3.8, 4) is 0 Å². The average molecular weight is 134 g/mol. The van der Waals surface area contributed by atoms with E-state index in [0.717, 1.165) is 0 Å². The third-order valence-electron chi connectivity index (χ3n) is 0.606. The number of carbonyl (C=O) groups is 1. The zero-order valence-electron chi connectivity index (χ0n) is 4.18. The summed E-state index contributed by atoms with van der Waals surface area (Å²) in [6, 6.07) is 0. The van der Waals surface area contributed by atoms with E-state index in [-0.39, 0.29) is 0 Å². The van der Waals surface area contributed by atoms with Gasteiger partial charge in [0.05, 0.1) is 0 Å². The first-order valence-corrected chi connectivity index (χ1v) is 2.09. The maximum atomic E-state index is 10.2. The molecule has 1 aliphatic rings. The van der Waals surface area contributed by atoms with E-state index in [0.29, 0.717) is 0 Å². The maximum absolute atomic E-state index is 10.2. The summed E-state index contributed by atoms with van der Waals surface area (Å²) >= 11 is 0. The maximum Gasteiger partial charge on any atom is 0.709 e. The molecule has 1 rings (SSSR count). The molecule has 0 radical (unpaired) electrons. The summed E-state index contributed by atoms with van der Waals surface area (Å²) in [5, 5.41) is 16.0. The van der Waals surface area contributed by atoms with Crippen LogP contribution in [0.5, 0.6) is 0 Å². The molecule has 1 saturated heterocycles. The molecule has 1 fully saturated rings. The van der Waals surface area contributed by atoms with Gasteiger partial charge in [-0.15, -0.1) is 0 Å². The Morgan fingerprint density at radius 1 is 1.56 bits per heavy atom. The van der Waals surface area contributed by atoms with Gasteiger partial charge >= 0.3 is 19.6 Å². The second kappa shape index (κ2) is 2.32. The molecule has 9 heavy (non-hydrogen) atoms. The van der Waals surface area contributed by atoms with Gasteiger partial charge in [0.2, 0.25) is 0 Å². The van der Waals surface area contributed by atoms with E-state index in [1.54, 1.807) is 0 Å². The van der Waals surface area contributed by atoms with Crippen molar-refractivity contribution in [2.24, 2.45) is 0 Å². The molecule has 1 aliphatic heterocycles. The Morgan fingerprint density at radius 3 is 2.44 bits per heavy atom. The second-order valence-electron chi connectivity index (χ2n) is 1.29. The van der Waals surface area contributed by atoms with Gasteiger partial charge in [-0.05, 0) is 0 Å². The van der Waals surface area contributed by atoms with Crippen LogP contribution in [0.3, 0.4) is 0 Å². The van der Waals surface area contributed by atoms with Crippen LogP contribution in [-0.2, 0) is 19.2 Å². The van der Waals surface area contributed by atoms with Gasteiger partial charge in [0.1, 0.15) is 0 Å². The molecule has 0 unspecified atom stereocenters. The van der Waals surface area contributed by atoms with Gasteiger partial charge in [0.25, 0.3) is 0 Å². The average Bonchev–Trinajstić information content (AvgIpc) is 2.40. The van der Waals surface area contributed by atoms with Crippen LogP contribution in [0.4, 0.5) is 0 Å². The van der Waals surface area contributed by atoms with Crippen LogP contribution < -0.4 is 0 Å². The van der Waals surface area contributed by atoms with E-state index in [9.17, 15) is 4.79 Å². The fourth-order valence-electron chi connectivity index (χ4n) is 0.266. The SMILES string of the molecule is O=C(OB(O)O)C1OO1. The quantitative estimate of drug-likeness (QED) is 0.252. The van der Waals surface area contributed by atoms with E-state index in [1.165, 1.54) is 0 Å². The molecule has 0 atom stereocenters. The standard InChI is InChI=1S/C2H3BO6/c4-1(2-8-9-2)7-3(5)6/h2,5-6H. The smallest absolute Gasteiger partial charge is 0.481 e. The minimum absolute atomic E-state index is 0.954. The molecule has 0 aliphatic carbocycles. The lowest BCUT2D eigenvalue weighted by atomic mass is 10.3. The van der Waals surface area contributed by atoms with Crippen molar-refractivity contribution in [2.45, 2.75) is 6.29 Å². The van der Waals surface area contributed by atoms with E-state index in [1.807, 2.05) is 0 Å². The lowest BCUT2D eigenvalue weighted by Gasteiger charge is -1.95. The summed E-state index contributed by atoms with van der Waals surface area (Å²) in [7, 11) is -2.11. The Labute approximate surface area is 50.0 Å².